The van der Waals surface area contributed by atoms with Gasteiger partial charge in [0.2, 0.25) is 5.91 Å². The summed E-state index contributed by atoms with van der Waals surface area (Å²) < 4.78 is 10.3. The van der Waals surface area contributed by atoms with Crippen LogP contribution in [0, 0.1) is 0 Å². The van der Waals surface area contributed by atoms with Gasteiger partial charge in [0.25, 0.3) is 0 Å². The summed E-state index contributed by atoms with van der Waals surface area (Å²) in [5.74, 6) is 0.350. The van der Waals surface area contributed by atoms with Crippen LogP contribution in [0.25, 0.3) is 0 Å². The first kappa shape index (κ1) is 15.5. The van der Waals surface area contributed by atoms with E-state index in [2.05, 4.69) is 0 Å². The molecule has 5 nitrogen and oxygen atoms in total. The molecule has 1 aliphatic heterocycles. The summed E-state index contributed by atoms with van der Waals surface area (Å²) in [5.41, 5.74) is 0.852. The smallest absolute Gasteiger partial charge is 0.223 e. The SMILES string of the molecule is COc1ccc(C(CC(=O)N2CCOCC2)C(C)=O)cc1. The first-order chi connectivity index (χ1) is 10.1. The highest BCUT2D eigenvalue weighted by Gasteiger charge is 2.24. The fraction of sp³-hybridized carbons (Fsp3) is 0.500. The Labute approximate surface area is 124 Å². The molecule has 0 spiro atoms. The van der Waals surface area contributed by atoms with Crippen molar-refractivity contribution in [3.63, 3.8) is 0 Å². The second kappa shape index (κ2) is 7.22. The molecule has 1 aromatic rings. The molecule has 0 bridgehead atoms. The van der Waals surface area contributed by atoms with Gasteiger partial charge in [-0.3, -0.25) is 9.59 Å². The fourth-order valence-corrected chi connectivity index (χ4v) is 2.45. The summed E-state index contributed by atoms with van der Waals surface area (Å²) in [5, 5.41) is 0. The van der Waals surface area contributed by atoms with Gasteiger partial charge >= 0.3 is 0 Å². The standard InChI is InChI=1S/C16H21NO4/c1-12(18)15(13-3-5-14(20-2)6-4-13)11-16(19)17-7-9-21-10-8-17/h3-6,15H,7-11H2,1-2H3. The molecule has 0 aromatic heterocycles. The number of hydrogen-bond donors (Lipinski definition) is 0. The molecule has 1 fully saturated rings. The average Bonchev–Trinajstić information content (AvgIpc) is 2.53. The van der Waals surface area contributed by atoms with Gasteiger partial charge in [-0.25, -0.2) is 0 Å². The van der Waals surface area contributed by atoms with Gasteiger partial charge in [-0.2, -0.15) is 0 Å². The zero-order chi connectivity index (χ0) is 15.2. The number of amides is 1. The highest BCUT2D eigenvalue weighted by Crippen LogP contribution is 2.24. The van der Waals surface area contributed by atoms with Crippen LogP contribution in [0.5, 0.6) is 5.75 Å². The third-order valence-corrected chi connectivity index (χ3v) is 3.75. The summed E-state index contributed by atoms with van der Waals surface area (Å²) in [7, 11) is 1.60. The van der Waals surface area contributed by atoms with E-state index in [4.69, 9.17) is 9.47 Å². The van der Waals surface area contributed by atoms with Gasteiger partial charge < -0.3 is 14.4 Å². The Morgan fingerprint density at radius 1 is 1.24 bits per heavy atom. The van der Waals surface area contributed by atoms with Crippen molar-refractivity contribution in [3.05, 3.63) is 29.8 Å². The number of nitrogens with zero attached hydrogens (tertiary/aromatic N) is 1. The minimum Gasteiger partial charge on any atom is -0.497 e. The van der Waals surface area contributed by atoms with Gasteiger partial charge in [0.15, 0.2) is 0 Å². The lowest BCUT2D eigenvalue weighted by atomic mass is 9.91. The fourth-order valence-electron chi connectivity index (χ4n) is 2.45. The van der Waals surface area contributed by atoms with E-state index >= 15 is 0 Å². The highest BCUT2D eigenvalue weighted by atomic mass is 16.5. The molecule has 1 heterocycles. The molecule has 21 heavy (non-hydrogen) atoms. The van der Waals surface area contributed by atoms with Crippen molar-refractivity contribution < 1.29 is 19.1 Å². The number of benzene rings is 1. The van der Waals surface area contributed by atoms with Crippen LogP contribution in [-0.4, -0.2) is 50.0 Å². The quantitative estimate of drug-likeness (QED) is 0.827. The van der Waals surface area contributed by atoms with Crippen LogP contribution in [0.1, 0.15) is 24.8 Å². The maximum Gasteiger partial charge on any atom is 0.223 e. The maximum absolute atomic E-state index is 12.3. The van der Waals surface area contributed by atoms with E-state index in [0.717, 1.165) is 11.3 Å². The summed E-state index contributed by atoms with van der Waals surface area (Å²) in [6.07, 6.45) is 0.210. The molecule has 0 saturated carbocycles. The van der Waals surface area contributed by atoms with Gasteiger partial charge in [-0.05, 0) is 24.6 Å². The van der Waals surface area contributed by atoms with Gasteiger partial charge in [0.1, 0.15) is 11.5 Å². The van der Waals surface area contributed by atoms with Crippen LogP contribution in [0.15, 0.2) is 24.3 Å². The Morgan fingerprint density at radius 2 is 1.86 bits per heavy atom. The van der Waals surface area contributed by atoms with Gasteiger partial charge in [0, 0.05) is 19.5 Å². The van der Waals surface area contributed by atoms with Crippen LogP contribution in [0.2, 0.25) is 0 Å². The molecule has 1 saturated heterocycles. The van der Waals surface area contributed by atoms with E-state index in [1.165, 1.54) is 6.92 Å². The third kappa shape index (κ3) is 4.04. The normalized spacial score (nSPS) is 16.4. The van der Waals surface area contributed by atoms with Gasteiger partial charge in [-0.1, -0.05) is 12.1 Å². The minimum absolute atomic E-state index is 0.00164. The lowest BCUT2D eigenvalue weighted by Gasteiger charge is -2.28. The van der Waals surface area contributed by atoms with Crippen LogP contribution in [0.3, 0.4) is 0 Å². The second-order valence-electron chi connectivity index (χ2n) is 5.13. The Bertz CT molecular complexity index is 492. The number of ether oxygens (including phenoxy) is 2. The van der Waals surface area contributed by atoms with E-state index < -0.39 is 5.92 Å². The number of rotatable bonds is 5. The predicted molar refractivity (Wildman–Crippen MR) is 78.4 cm³/mol. The van der Waals surface area contributed by atoms with Crippen molar-refractivity contribution in [1.29, 1.82) is 0 Å². The van der Waals surface area contributed by atoms with Crippen molar-refractivity contribution in [2.75, 3.05) is 33.4 Å². The number of Topliss-reactive ketones (excluding diaryl/α,β-unsaturated/α-hetero) is 1. The number of carbonyl (C=O) groups excluding carboxylic acids is 2. The first-order valence-corrected chi connectivity index (χ1v) is 7.11. The van der Waals surface area contributed by atoms with Crippen LogP contribution < -0.4 is 4.74 Å². The molecule has 0 radical (unpaired) electrons. The molecule has 1 aromatic carbocycles. The number of hydrogen-bond acceptors (Lipinski definition) is 4. The van der Waals surface area contributed by atoms with Crippen molar-refractivity contribution in [3.8, 4) is 5.75 Å². The molecule has 2 rings (SSSR count). The highest BCUT2D eigenvalue weighted by molar-refractivity contribution is 5.89. The Kier molecular flexibility index (Phi) is 5.33. The molecule has 0 N–H and O–H groups in total. The monoisotopic (exact) mass is 291 g/mol. The molecular weight excluding hydrogens is 270 g/mol. The zero-order valence-corrected chi connectivity index (χ0v) is 12.5. The lowest BCUT2D eigenvalue weighted by molar-refractivity contribution is -0.137. The molecule has 1 atom stereocenters. The van der Waals surface area contributed by atoms with E-state index in [-0.39, 0.29) is 18.1 Å². The lowest BCUT2D eigenvalue weighted by Crippen LogP contribution is -2.41. The molecule has 1 aliphatic rings. The number of methoxy groups -OCH3 is 1. The largest absolute Gasteiger partial charge is 0.497 e. The zero-order valence-electron chi connectivity index (χ0n) is 12.5. The van der Waals surface area contributed by atoms with Gasteiger partial charge in [0.05, 0.1) is 26.2 Å². The van der Waals surface area contributed by atoms with Gasteiger partial charge in [-0.15, -0.1) is 0 Å². The minimum atomic E-state index is -0.397. The van der Waals surface area contributed by atoms with Crippen LogP contribution in [-0.2, 0) is 14.3 Å². The van der Waals surface area contributed by atoms with E-state index in [0.29, 0.717) is 26.3 Å². The summed E-state index contributed by atoms with van der Waals surface area (Å²) >= 11 is 0. The molecule has 0 aliphatic carbocycles. The average molecular weight is 291 g/mol. The third-order valence-electron chi connectivity index (χ3n) is 3.75. The summed E-state index contributed by atoms with van der Waals surface area (Å²) in [4.78, 5) is 26.0. The van der Waals surface area contributed by atoms with Crippen molar-refractivity contribution >= 4 is 11.7 Å². The summed E-state index contributed by atoms with van der Waals surface area (Å²) in [6.45, 7) is 3.87. The maximum atomic E-state index is 12.3. The predicted octanol–water partition coefficient (Wildman–Crippen LogP) is 1.62. The molecule has 1 unspecified atom stereocenters. The van der Waals surface area contributed by atoms with E-state index in [9.17, 15) is 9.59 Å². The van der Waals surface area contributed by atoms with E-state index in [1.54, 1.807) is 12.0 Å². The molecule has 114 valence electrons. The van der Waals surface area contributed by atoms with E-state index in [1.807, 2.05) is 24.3 Å². The van der Waals surface area contributed by atoms with Crippen LogP contribution >= 0.6 is 0 Å². The Morgan fingerprint density at radius 3 is 2.38 bits per heavy atom. The molecule has 5 heteroatoms. The van der Waals surface area contributed by atoms with Crippen molar-refractivity contribution in [1.82, 2.24) is 4.90 Å². The summed E-state index contributed by atoms with van der Waals surface area (Å²) in [6, 6.07) is 7.31. The Hall–Kier alpha value is -1.88. The van der Waals surface area contributed by atoms with Crippen LogP contribution in [0.4, 0.5) is 0 Å². The molecule has 1 amide bonds. The number of morpholine rings is 1. The van der Waals surface area contributed by atoms with Crippen molar-refractivity contribution in [2.24, 2.45) is 0 Å². The topological polar surface area (TPSA) is 55.8 Å². The van der Waals surface area contributed by atoms with Crippen molar-refractivity contribution in [2.45, 2.75) is 19.3 Å². The number of ketones is 1. The second-order valence-corrected chi connectivity index (χ2v) is 5.13. The number of carbonyl (C=O) groups is 2. The molecular formula is C16H21NO4. The Balaban J connectivity index is 2.07. The first-order valence-electron chi connectivity index (χ1n) is 7.11.